The van der Waals surface area contributed by atoms with Crippen molar-refractivity contribution < 1.29 is 4.79 Å². The molecule has 5 nitrogen and oxygen atoms in total. The first-order valence-electron chi connectivity index (χ1n) is 7.88. The zero-order valence-electron chi connectivity index (χ0n) is 13.1. The summed E-state index contributed by atoms with van der Waals surface area (Å²) in [5.74, 6) is 1.07. The Morgan fingerprint density at radius 3 is 2.62 bits per heavy atom. The van der Waals surface area contributed by atoms with Gasteiger partial charge in [-0.05, 0) is 25.6 Å². The summed E-state index contributed by atoms with van der Waals surface area (Å²) >= 11 is 0. The number of pyridine rings is 1. The number of nitrogens with zero attached hydrogens (tertiary/aromatic N) is 3. The largest absolute Gasteiger partial charge is 0.354 e. The molecule has 0 saturated carbocycles. The molecule has 5 heteroatoms. The van der Waals surface area contributed by atoms with Crippen molar-refractivity contribution in [2.75, 3.05) is 43.4 Å². The molecule has 2 heterocycles. The van der Waals surface area contributed by atoms with Gasteiger partial charge in [-0.2, -0.15) is 0 Å². The van der Waals surface area contributed by atoms with Crippen molar-refractivity contribution >= 4 is 17.4 Å². The van der Waals surface area contributed by atoms with Crippen LogP contribution >= 0.6 is 0 Å². The van der Waals surface area contributed by atoms with E-state index in [1.54, 1.807) is 6.20 Å². The normalized spacial score (nSPS) is 16.0. The molecule has 0 bridgehead atoms. The number of nitrogens with one attached hydrogen (secondary N) is 1. The third-order valence-electron chi connectivity index (χ3n) is 3.87. The van der Waals surface area contributed by atoms with Crippen molar-refractivity contribution in [1.82, 2.24) is 9.88 Å². The minimum Gasteiger partial charge on any atom is -0.354 e. The molecule has 0 atom stereocenters. The van der Waals surface area contributed by atoms with Gasteiger partial charge in [-0.1, -0.05) is 19.8 Å². The Hall–Kier alpha value is -1.62. The van der Waals surface area contributed by atoms with Crippen LogP contribution in [0.15, 0.2) is 18.3 Å². The number of aromatic nitrogens is 1. The lowest BCUT2D eigenvalue weighted by atomic mass is 10.2. The molecule has 1 aliphatic heterocycles. The van der Waals surface area contributed by atoms with Gasteiger partial charge in [0.05, 0.1) is 11.9 Å². The molecule has 116 valence electrons. The minimum absolute atomic E-state index is 0.0811. The lowest BCUT2D eigenvalue weighted by molar-refractivity contribution is -0.116. The van der Waals surface area contributed by atoms with Crippen LogP contribution in [-0.2, 0) is 4.79 Å². The number of carbonyl (C=O) groups excluding carboxylic acids is 1. The average molecular weight is 290 g/mol. The van der Waals surface area contributed by atoms with Gasteiger partial charge < -0.3 is 15.1 Å². The molecular weight excluding hydrogens is 264 g/mol. The Bertz CT molecular complexity index is 438. The molecule has 21 heavy (non-hydrogen) atoms. The second kappa shape index (κ2) is 7.98. The first-order valence-corrected chi connectivity index (χ1v) is 7.88. The predicted octanol–water partition coefficient (Wildman–Crippen LogP) is 2.35. The summed E-state index contributed by atoms with van der Waals surface area (Å²) in [6, 6.07) is 3.94. The Labute approximate surface area is 127 Å². The Morgan fingerprint density at radius 1 is 1.24 bits per heavy atom. The molecule has 0 spiro atoms. The van der Waals surface area contributed by atoms with Gasteiger partial charge in [-0.3, -0.25) is 4.79 Å². The topological polar surface area (TPSA) is 48.5 Å². The molecule has 0 aliphatic carbocycles. The second-order valence-corrected chi connectivity index (χ2v) is 5.70. The Kier molecular flexibility index (Phi) is 5.99. The molecule has 0 unspecified atom stereocenters. The van der Waals surface area contributed by atoms with E-state index in [0.29, 0.717) is 6.42 Å². The van der Waals surface area contributed by atoms with E-state index >= 15 is 0 Å². The van der Waals surface area contributed by atoms with Crippen LogP contribution in [0.1, 0.15) is 32.6 Å². The van der Waals surface area contributed by atoms with Crippen LogP contribution in [0.3, 0.4) is 0 Å². The number of piperazine rings is 1. The van der Waals surface area contributed by atoms with Gasteiger partial charge in [-0.15, -0.1) is 0 Å². The molecule has 1 aromatic heterocycles. The maximum atomic E-state index is 11.8. The molecule has 1 aromatic rings. The molecule has 2 rings (SSSR count). The highest BCUT2D eigenvalue weighted by Crippen LogP contribution is 2.16. The molecule has 1 aliphatic rings. The monoisotopic (exact) mass is 290 g/mol. The summed E-state index contributed by atoms with van der Waals surface area (Å²) in [7, 11) is 2.14. The van der Waals surface area contributed by atoms with Gasteiger partial charge in [0.1, 0.15) is 5.82 Å². The van der Waals surface area contributed by atoms with Gasteiger partial charge in [-0.25, -0.2) is 4.98 Å². The van der Waals surface area contributed by atoms with E-state index in [-0.39, 0.29) is 5.91 Å². The van der Waals surface area contributed by atoms with Crippen molar-refractivity contribution in [3.05, 3.63) is 18.3 Å². The number of anilines is 2. The number of carbonyl (C=O) groups is 1. The summed E-state index contributed by atoms with van der Waals surface area (Å²) in [5, 5.41) is 2.91. The highest BCUT2D eigenvalue weighted by Gasteiger charge is 2.15. The fourth-order valence-electron chi connectivity index (χ4n) is 2.44. The van der Waals surface area contributed by atoms with E-state index in [1.165, 1.54) is 0 Å². The van der Waals surface area contributed by atoms with Crippen LogP contribution in [-0.4, -0.2) is 49.0 Å². The Balaban J connectivity index is 1.83. The second-order valence-electron chi connectivity index (χ2n) is 5.70. The molecule has 1 saturated heterocycles. The van der Waals surface area contributed by atoms with Gasteiger partial charge in [0.15, 0.2) is 0 Å². The van der Waals surface area contributed by atoms with Gasteiger partial charge in [0, 0.05) is 32.6 Å². The molecule has 1 fully saturated rings. The first kappa shape index (κ1) is 15.8. The third kappa shape index (κ3) is 5.01. The lowest BCUT2D eigenvalue weighted by Crippen LogP contribution is -2.44. The zero-order chi connectivity index (χ0) is 15.1. The molecule has 1 N–H and O–H groups in total. The summed E-state index contributed by atoms with van der Waals surface area (Å²) in [6.45, 7) is 6.28. The van der Waals surface area contributed by atoms with E-state index in [9.17, 15) is 4.79 Å². The summed E-state index contributed by atoms with van der Waals surface area (Å²) in [4.78, 5) is 20.8. The predicted molar refractivity (Wildman–Crippen MR) is 86.7 cm³/mol. The summed E-state index contributed by atoms with van der Waals surface area (Å²) in [6.07, 6.45) is 5.54. The van der Waals surface area contributed by atoms with Gasteiger partial charge in [0.2, 0.25) is 5.91 Å². The fraction of sp³-hybridized carbons (Fsp3) is 0.625. The number of likely N-dealkylation sites (N-methyl/N-ethyl adjacent to an activating group) is 1. The van der Waals surface area contributed by atoms with E-state index in [1.807, 2.05) is 12.1 Å². The number of hydrogen-bond donors (Lipinski definition) is 1. The molecule has 1 amide bonds. The highest BCUT2D eigenvalue weighted by atomic mass is 16.1. The fourth-order valence-corrected chi connectivity index (χ4v) is 2.44. The molecular formula is C16H26N4O. The number of amides is 1. The zero-order valence-corrected chi connectivity index (χ0v) is 13.1. The van der Waals surface area contributed by atoms with E-state index in [4.69, 9.17) is 0 Å². The van der Waals surface area contributed by atoms with E-state index < -0.39 is 0 Å². The number of unbranched alkanes of at least 4 members (excludes halogenated alkanes) is 2. The van der Waals surface area contributed by atoms with Crippen LogP contribution in [0.25, 0.3) is 0 Å². The van der Waals surface area contributed by atoms with Crippen molar-refractivity contribution in [2.24, 2.45) is 0 Å². The minimum atomic E-state index is 0.0811. The smallest absolute Gasteiger partial charge is 0.224 e. The first-order chi connectivity index (χ1) is 10.2. The molecule has 0 radical (unpaired) electrons. The van der Waals surface area contributed by atoms with E-state index in [0.717, 1.165) is 56.9 Å². The van der Waals surface area contributed by atoms with Gasteiger partial charge >= 0.3 is 0 Å². The maximum Gasteiger partial charge on any atom is 0.224 e. The van der Waals surface area contributed by atoms with Crippen molar-refractivity contribution in [3.8, 4) is 0 Å². The van der Waals surface area contributed by atoms with Crippen LogP contribution < -0.4 is 10.2 Å². The van der Waals surface area contributed by atoms with Crippen molar-refractivity contribution in [3.63, 3.8) is 0 Å². The van der Waals surface area contributed by atoms with Crippen LogP contribution in [0.2, 0.25) is 0 Å². The van der Waals surface area contributed by atoms with Crippen LogP contribution in [0, 0.1) is 0 Å². The van der Waals surface area contributed by atoms with Crippen molar-refractivity contribution in [2.45, 2.75) is 32.6 Å². The maximum absolute atomic E-state index is 11.8. The number of hydrogen-bond acceptors (Lipinski definition) is 4. The third-order valence-corrected chi connectivity index (χ3v) is 3.87. The van der Waals surface area contributed by atoms with Crippen LogP contribution in [0.5, 0.6) is 0 Å². The summed E-state index contributed by atoms with van der Waals surface area (Å²) in [5.41, 5.74) is 0.786. The van der Waals surface area contributed by atoms with Crippen molar-refractivity contribution in [1.29, 1.82) is 0 Å². The lowest BCUT2D eigenvalue weighted by Gasteiger charge is -2.33. The Morgan fingerprint density at radius 2 is 2.00 bits per heavy atom. The summed E-state index contributed by atoms with van der Waals surface area (Å²) < 4.78 is 0. The molecule has 0 aromatic carbocycles. The van der Waals surface area contributed by atoms with Gasteiger partial charge in [0.25, 0.3) is 0 Å². The number of rotatable bonds is 6. The highest BCUT2D eigenvalue weighted by molar-refractivity contribution is 5.90. The van der Waals surface area contributed by atoms with Crippen LogP contribution in [0.4, 0.5) is 11.5 Å². The quantitative estimate of drug-likeness (QED) is 0.817. The standard InChI is InChI=1S/C16H26N4O/c1-3-4-5-6-16(21)18-14-7-8-15(17-13-14)20-11-9-19(2)10-12-20/h7-8,13H,3-6,9-12H2,1-2H3,(H,18,21). The average Bonchev–Trinajstić information content (AvgIpc) is 2.49. The SMILES string of the molecule is CCCCCC(=O)Nc1ccc(N2CCN(C)CC2)nc1. The van der Waals surface area contributed by atoms with E-state index in [2.05, 4.69) is 34.1 Å².